The van der Waals surface area contributed by atoms with Crippen LogP contribution in [0.4, 0.5) is 5.69 Å². The van der Waals surface area contributed by atoms with E-state index in [2.05, 4.69) is 0 Å². The van der Waals surface area contributed by atoms with Gasteiger partial charge in [0, 0.05) is 6.54 Å². The van der Waals surface area contributed by atoms with Crippen molar-refractivity contribution in [1.82, 2.24) is 4.90 Å². The van der Waals surface area contributed by atoms with Gasteiger partial charge < -0.3 is 9.47 Å². The summed E-state index contributed by atoms with van der Waals surface area (Å²) in [6.45, 7) is 3.29. The number of amides is 2. The van der Waals surface area contributed by atoms with E-state index in [0.29, 0.717) is 31.1 Å². The van der Waals surface area contributed by atoms with Crippen molar-refractivity contribution in [3.8, 4) is 5.75 Å². The Balaban J connectivity index is 1.72. The third-order valence-electron chi connectivity index (χ3n) is 4.97. The Morgan fingerprint density at radius 3 is 2.62 bits per heavy atom. The van der Waals surface area contributed by atoms with Gasteiger partial charge in [-0.05, 0) is 50.6 Å². The predicted molar refractivity (Wildman–Crippen MR) is 94.8 cm³/mol. The number of ether oxygens (including phenoxy) is 2. The molecule has 7 heteroatoms. The van der Waals surface area contributed by atoms with Crippen LogP contribution in [0.5, 0.6) is 5.75 Å². The average Bonchev–Trinajstić information content (AvgIpc) is 2.96. The molecule has 2 saturated heterocycles. The zero-order chi connectivity index (χ0) is 18.7. The third-order valence-corrected chi connectivity index (χ3v) is 4.97. The van der Waals surface area contributed by atoms with Gasteiger partial charge >= 0.3 is 5.97 Å². The van der Waals surface area contributed by atoms with Crippen LogP contribution in [0.2, 0.25) is 0 Å². The standard InChI is InChI=1S/C19H24N2O5/c1-3-26-19(24)13-5-4-10-20(12-13)16-11-17(22)21(18(16)23)14-6-8-15(25-2)9-7-14/h6-9,13,16H,3-5,10-12H2,1-2H3/t13-,16+/m1/s1. The summed E-state index contributed by atoms with van der Waals surface area (Å²) in [5, 5.41) is 0. The summed E-state index contributed by atoms with van der Waals surface area (Å²) >= 11 is 0. The van der Waals surface area contributed by atoms with E-state index in [1.807, 2.05) is 4.90 Å². The summed E-state index contributed by atoms with van der Waals surface area (Å²) in [5.41, 5.74) is 0.544. The zero-order valence-corrected chi connectivity index (χ0v) is 15.1. The number of rotatable bonds is 5. The van der Waals surface area contributed by atoms with Gasteiger partial charge in [-0.25, -0.2) is 4.90 Å². The first kappa shape index (κ1) is 18.4. The van der Waals surface area contributed by atoms with Gasteiger partial charge in [-0.1, -0.05) is 0 Å². The minimum atomic E-state index is -0.512. The van der Waals surface area contributed by atoms with Crippen molar-refractivity contribution in [3.05, 3.63) is 24.3 Å². The first-order valence-electron chi connectivity index (χ1n) is 8.96. The minimum Gasteiger partial charge on any atom is -0.497 e. The lowest BCUT2D eigenvalue weighted by Crippen LogP contribution is -2.48. The number of piperidine rings is 1. The van der Waals surface area contributed by atoms with Crippen LogP contribution in [0, 0.1) is 5.92 Å². The number of methoxy groups -OCH3 is 1. The van der Waals surface area contributed by atoms with Gasteiger partial charge in [0.15, 0.2) is 0 Å². The Morgan fingerprint density at radius 2 is 1.96 bits per heavy atom. The molecule has 140 valence electrons. The van der Waals surface area contributed by atoms with E-state index in [1.165, 1.54) is 4.90 Å². The van der Waals surface area contributed by atoms with Crippen LogP contribution in [0.1, 0.15) is 26.2 Å². The molecule has 2 aliphatic rings. The number of nitrogens with zero attached hydrogens (tertiary/aromatic N) is 2. The smallest absolute Gasteiger partial charge is 0.310 e. The highest BCUT2D eigenvalue weighted by Gasteiger charge is 2.44. The molecule has 0 N–H and O–H groups in total. The van der Waals surface area contributed by atoms with Crippen molar-refractivity contribution in [2.45, 2.75) is 32.2 Å². The van der Waals surface area contributed by atoms with Crippen LogP contribution in [0.3, 0.4) is 0 Å². The first-order valence-corrected chi connectivity index (χ1v) is 8.96. The highest BCUT2D eigenvalue weighted by atomic mass is 16.5. The van der Waals surface area contributed by atoms with E-state index >= 15 is 0 Å². The number of carbonyl (C=O) groups excluding carboxylic acids is 3. The molecule has 1 aromatic carbocycles. The molecule has 2 fully saturated rings. The van der Waals surface area contributed by atoms with Crippen molar-refractivity contribution in [1.29, 1.82) is 0 Å². The fraction of sp³-hybridized carbons (Fsp3) is 0.526. The van der Waals surface area contributed by atoms with E-state index in [1.54, 1.807) is 38.3 Å². The molecular formula is C19H24N2O5. The summed E-state index contributed by atoms with van der Waals surface area (Å²) in [4.78, 5) is 40.6. The fourth-order valence-corrected chi connectivity index (χ4v) is 3.65. The van der Waals surface area contributed by atoms with E-state index in [-0.39, 0.29) is 30.1 Å². The number of likely N-dealkylation sites (tertiary alicyclic amines) is 1. The van der Waals surface area contributed by atoms with Gasteiger partial charge in [0.2, 0.25) is 5.91 Å². The van der Waals surface area contributed by atoms with Crippen LogP contribution in [-0.2, 0) is 19.1 Å². The lowest BCUT2D eigenvalue weighted by Gasteiger charge is -2.34. The van der Waals surface area contributed by atoms with Crippen molar-refractivity contribution in [2.24, 2.45) is 5.92 Å². The molecule has 0 bridgehead atoms. The second-order valence-corrected chi connectivity index (χ2v) is 6.57. The van der Waals surface area contributed by atoms with Gasteiger partial charge in [-0.2, -0.15) is 0 Å². The predicted octanol–water partition coefficient (Wildman–Crippen LogP) is 1.60. The maximum absolute atomic E-state index is 12.9. The quantitative estimate of drug-likeness (QED) is 0.586. The van der Waals surface area contributed by atoms with Gasteiger partial charge in [0.25, 0.3) is 5.91 Å². The van der Waals surface area contributed by atoms with Gasteiger partial charge in [-0.3, -0.25) is 19.3 Å². The number of hydrogen-bond donors (Lipinski definition) is 0. The third kappa shape index (κ3) is 3.58. The normalized spacial score (nSPS) is 24.0. The Bertz CT molecular complexity index is 688. The van der Waals surface area contributed by atoms with Gasteiger partial charge in [0.1, 0.15) is 5.75 Å². The van der Waals surface area contributed by atoms with Crippen molar-refractivity contribution in [3.63, 3.8) is 0 Å². The van der Waals surface area contributed by atoms with Gasteiger partial charge in [-0.15, -0.1) is 0 Å². The molecule has 0 aromatic heterocycles. The average molecular weight is 360 g/mol. The second kappa shape index (κ2) is 7.86. The maximum atomic E-state index is 12.9. The van der Waals surface area contributed by atoms with Crippen LogP contribution in [-0.4, -0.2) is 55.5 Å². The summed E-state index contributed by atoms with van der Waals surface area (Å²) in [6, 6.07) is 6.34. The number of hydrogen-bond acceptors (Lipinski definition) is 6. The van der Waals surface area contributed by atoms with E-state index in [4.69, 9.17) is 9.47 Å². The SMILES string of the molecule is CCOC(=O)[C@@H]1CCCN([C@H]2CC(=O)N(c3ccc(OC)cc3)C2=O)C1. The highest BCUT2D eigenvalue weighted by Crippen LogP contribution is 2.29. The topological polar surface area (TPSA) is 76.2 Å². The molecular weight excluding hydrogens is 336 g/mol. The Kier molecular flexibility index (Phi) is 5.56. The molecule has 0 aliphatic carbocycles. The molecule has 3 rings (SSSR count). The van der Waals surface area contributed by atoms with Crippen LogP contribution >= 0.6 is 0 Å². The van der Waals surface area contributed by atoms with Gasteiger partial charge in [0.05, 0.1) is 37.8 Å². The molecule has 2 heterocycles. The lowest BCUT2D eigenvalue weighted by atomic mass is 9.96. The molecule has 2 aliphatic heterocycles. The van der Waals surface area contributed by atoms with Crippen LogP contribution < -0.4 is 9.64 Å². The molecule has 0 unspecified atom stereocenters. The van der Waals surface area contributed by atoms with Crippen LogP contribution in [0.25, 0.3) is 0 Å². The first-order chi connectivity index (χ1) is 12.5. The largest absolute Gasteiger partial charge is 0.497 e. The van der Waals surface area contributed by atoms with E-state index in [0.717, 1.165) is 12.8 Å². The summed E-state index contributed by atoms with van der Waals surface area (Å²) in [7, 11) is 1.56. The zero-order valence-electron chi connectivity index (χ0n) is 15.1. The van der Waals surface area contributed by atoms with Crippen molar-refractivity contribution in [2.75, 3.05) is 31.7 Å². The van der Waals surface area contributed by atoms with Crippen LogP contribution in [0.15, 0.2) is 24.3 Å². The monoisotopic (exact) mass is 360 g/mol. The number of anilines is 1. The molecule has 2 amide bonds. The Morgan fingerprint density at radius 1 is 1.23 bits per heavy atom. The lowest BCUT2D eigenvalue weighted by molar-refractivity contribution is -0.150. The second-order valence-electron chi connectivity index (χ2n) is 6.57. The summed E-state index contributed by atoms with van der Waals surface area (Å²) in [5.74, 6) is -0.242. The Labute approximate surface area is 152 Å². The maximum Gasteiger partial charge on any atom is 0.310 e. The molecule has 2 atom stereocenters. The number of benzene rings is 1. The molecule has 1 aromatic rings. The summed E-state index contributed by atoms with van der Waals surface area (Å²) in [6.07, 6.45) is 1.71. The summed E-state index contributed by atoms with van der Waals surface area (Å²) < 4.78 is 10.2. The Hall–Kier alpha value is -2.41. The number of imide groups is 1. The van der Waals surface area contributed by atoms with E-state index < -0.39 is 6.04 Å². The molecule has 26 heavy (non-hydrogen) atoms. The molecule has 0 radical (unpaired) electrons. The highest BCUT2D eigenvalue weighted by molar-refractivity contribution is 6.22. The minimum absolute atomic E-state index is 0.139. The van der Waals surface area contributed by atoms with E-state index in [9.17, 15) is 14.4 Å². The number of esters is 1. The molecule has 0 spiro atoms. The fourth-order valence-electron chi connectivity index (χ4n) is 3.65. The molecule has 7 nitrogen and oxygen atoms in total. The number of carbonyl (C=O) groups is 3. The molecule has 0 saturated carbocycles. The van der Waals surface area contributed by atoms with Crippen molar-refractivity contribution >= 4 is 23.5 Å². The van der Waals surface area contributed by atoms with Crippen molar-refractivity contribution < 1.29 is 23.9 Å².